The SMILES string of the molecule is FC(F)(F)Oc1cccc(-c2ccc(/C=C/c3ncc(-c4ccc(Cl)cc4Cl)[nH]3)cc2)c1. The second-order valence-electron chi connectivity index (χ2n) is 6.84. The molecule has 0 aliphatic heterocycles. The fourth-order valence-corrected chi connectivity index (χ4v) is 3.61. The molecule has 162 valence electrons. The molecular weight excluding hydrogens is 460 g/mol. The molecule has 0 radical (unpaired) electrons. The number of aromatic nitrogens is 2. The van der Waals surface area contributed by atoms with Crippen LogP contribution in [0.1, 0.15) is 11.4 Å². The van der Waals surface area contributed by atoms with Gasteiger partial charge in [-0.3, -0.25) is 0 Å². The summed E-state index contributed by atoms with van der Waals surface area (Å²) >= 11 is 12.2. The number of benzene rings is 3. The average Bonchev–Trinajstić information content (AvgIpc) is 3.20. The molecule has 0 unspecified atom stereocenters. The summed E-state index contributed by atoms with van der Waals surface area (Å²) in [5, 5.41) is 1.08. The van der Waals surface area contributed by atoms with Crippen LogP contribution in [0, 0.1) is 0 Å². The minimum atomic E-state index is -4.72. The second kappa shape index (κ2) is 9.10. The molecule has 0 amide bonds. The number of hydrogen-bond acceptors (Lipinski definition) is 2. The van der Waals surface area contributed by atoms with Crippen LogP contribution in [0.25, 0.3) is 34.5 Å². The molecular formula is C24H15Cl2F3N2O. The van der Waals surface area contributed by atoms with Crippen LogP contribution in [0.15, 0.2) is 72.9 Å². The summed E-state index contributed by atoms with van der Waals surface area (Å²) in [6.45, 7) is 0. The van der Waals surface area contributed by atoms with Crippen molar-refractivity contribution in [3.05, 3.63) is 94.4 Å². The first kappa shape index (κ1) is 22.0. The van der Waals surface area contributed by atoms with Crippen LogP contribution in [0.3, 0.4) is 0 Å². The summed E-state index contributed by atoms with van der Waals surface area (Å²) in [4.78, 5) is 7.53. The summed E-state index contributed by atoms with van der Waals surface area (Å²) < 4.78 is 41.3. The van der Waals surface area contributed by atoms with Crippen LogP contribution in [0.4, 0.5) is 13.2 Å². The predicted octanol–water partition coefficient (Wildman–Crippen LogP) is 8.12. The highest BCUT2D eigenvalue weighted by Gasteiger charge is 2.31. The van der Waals surface area contributed by atoms with Crippen LogP contribution in [0.2, 0.25) is 10.0 Å². The Kier molecular flexibility index (Phi) is 6.26. The highest BCUT2D eigenvalue weighted by molar-refractivity contribution is 6.36. The van der Waals surface area contributed by atoms with Crippen molar-refractivity contribution in [1.29, 1.82) is 0 Å². The number of rotatable bonds is 5. The topological polar surface area (TPSA) is 37.9 Å². The molecule has 0 fully saturated rings. The van der Waals surface area contributed by atoms with Gasteiger partial charge >= 0.3 is 6.36 Å². The molecule has 32 heavy (non-hydrogen) atoms. The van der Waals surface area contributed by atoms with Crippen molar-refractivity contribution in [3.63, 3.8) is 0 Å². The van der Waals surface area contributed by atoms with E-state index in [1.807, 2.05) is 42.5 Å². The maximum absolute atomic E-state index is 12.4. The molecule has 0 spiro atoms. The third kappa shape index (κ3) is 5.52. The van der Waals surface area contributed by atoms with Crippen LogP contribution < -0.4 is 4.74 Å². The molecule has 0 aliphatic rings. The lowest BCUT2D eigenvalue weighted by molar-refractivity contribution is -0.274. The number of hydrogen-bond donors (Lipinski definition) is 1. The van der Waals surface area contributed by atoms with Crippen LogP contribution in [-0.2, 0) is 0 Å². The summed E-state index contributed by atoms with van der Waals surface area (Å²) in [5.41, 5.74) is 3.86. The highest BCUT2D eigenvalue weighted by atomic mass is 35.5. The lowest BCUT2D eigenvalue weighted by Gasteiger charge is -2.10. The first-order valence-corrected chi connectivity index (χ1v) is 10.2. The molecule has 0 atom stereocenters. The van der Waals surface area contributed by atoms with Gasteiger partial charge < -0.3 is 9.72 Å². The van der Waals surface area contributed by atoms with E-state index >= 15 is 0 Å². The van der Waals surface area contributed by atoms with Crippen molar-refractivity contribution >= 4 is 35.4 Å². The van der Waals surface area contributed by atoms with E-state index in [4.69, 9.17) is 23.2 Å². The van der Waals surface area contributed by atoms with E-state index in [0.29, 0.717) is 21.4 Å². The van der Waals surface area contributed by atoms with Gasteiger partial charge in [-0.1, -0.05) is 65.7 Å². The van der Waals surface area contributed by atoms with E-state index in [1.54, 1.807) is 24.4 Å². The lowest BCUT2D eigenvalue weighted by atomic mass is 10.0. The van der Waals surface area contributed by atoms with Crippen molar-refractivity contribution in [2.45, 2.75) is 6.36 Å². The highest BCUT2D eigenvalue weighted by Crippen LogP contribution is 2.30. The maximum atomic E-state index is 12.4. The number of nitrogens with one attached hydrogen (secondary N) is 1. The Labute approximate surface area is 192 Å². The molecule has 0 bridgehead atoms. The number of H-pyrrole nitrogens is 1. The van der Waals surface area contributed by atoms with Gasteiger partial charge in [-0.25, -0.2) is 4.98 Å². The fourth-order valence-electron chi connectivity index (χ4n) is 3.10. The minimum Gasteiger partial charge on any atom is -0.406 e. The van der Waals surface area contributed by atoms with Gasteiger partial charge in [0.05, 0.1) is 16.9 Å². The van der Waals surface area contributed by atoms with Gasteiger partial charge in [0.1, 0.15) is 11.6 Å². The van der Waals surface area contributed by atoms with Crippen molar-refractivity contribution < 1.29 is 17.9 Å². The molecule has 4 aromatic rings. The molecule has 3 aromatic carbocycles. The Morgan fingerprint density at radius 2 is 1.66 bits per heavy atom. The zero-order valence-corrected chi connectivity index (χ0v) is 17.8. The zero-order chi connectivity index (χ0) is 22.7. The van der Waals surface area contributed by atoms with Crippen molar-refractivity contribution in [2.75, 3.05) is 0 Å². The molecule has 0 saturated carbocycles. The maximum Gasteiger partial charge on any atom is 0.573 e. The van der Waals surface area contributed by atoms with E-state index in [1.165, 1.54) is 18.2 Å². The molecule has 0 aliphatic carbocycles. The van der Waals surface area contributed by atoms with E-state index < -0.39 is 6.36 Å². The Morgan fingerprint density at radius 3 is 2.38 bits per heavy atom. The van der Waals surface area contributed by atoms with Crippen molar-refractivity contribution in [3.8, 4) is 28.1 Å². The zero-order valence-electron chi connectivity index (χ0n) is 16.3. The van der Waals surface area contributed by atoms with E-state index in [0.717, 1.165) is 22.4 Å². The third-order valence-corrected chi connectivity index (χ3v) is 5.11. The Bertz CT molecular complexity index is 1260. The fraction of sp³-hybridized carbons (Fsp3) is 0.0417. The van der Waals surface area contributed by atoms with E-state index in [-0.39, 0.29) is 5.75 Å². The van der Waals surface area contributed by atoms with Crippen LogP contribution >= 0.6 is 23.2 Å². The number of alkyl halides is 3. The van der Waals surface area contributed by atoms with Gasteiger partial charge in [0, 0.05) is 10.6 Å². The van der Waals surface area contributed by atoms with Crippen molar-refractivity contribution in [1.82, 2.24) is 9.97 Å². The number of halogens is 5. The summed E-state index contributed by atoms with van der Waals surface area (Å²) in [6.07, 6.45) is 0.658. The Morgan fingerprint density at radius 1 is 0.875 bits per heavy atom. The summed E-state index contributed by atoms with van der Waals surface area (Å²) in [7, 11) is 0. The Balaban J connectivity index is 1.48. The van der Waals surface area contributed by atoms with Gasteiger partial charge in [-0.05, 0) is 53.1 Å². The first-order valence-electron chi connectivity index (χ1n) is 9.42. The molecule has 8 heteroatoms. The molecule has 3 nitrogen and oxygen atoms in total. The summed E-state index contributed by atoms with van der Waals surface area (Å²) in [5.74, 6) is 0.389. The lowest BCUT2D eigenvalue weighted by Crippen LogP contribution is -2.17. The minimum absolute atomic E-state index is 0.256. The normalized spacial score (nSPS) is 11.8. The largest absolute Gasteiger partial charge is 0.573 e. The third-order valence-electron chi connectivity index (χ3n) is 4.56. The van der Waals surface area contributed by atoms with Crippen LogP contribution in [0.5, 0.6) is 5.75 Å². The van der Waals surface area contributed by atoms with Gasteiger partial charge in [0.15, 0.2) is 0 Å². The summed E-state index contributed by atoms with van der Waals surface area (Å²) in [6, 6.07) is 18.5. The van der Waals surface area contributed by atoms with E-state index in [9.17, 15) is 13.2 Å². The Hall–Kier alpha value is -3.22. The molecule has 4 rings (SSSR count). The number of aromatic amines is 1. The first-order chi connectivity index (χ1) is 15.3. The van der Waals surface area contributed by atoms with Gasteiger partial charge in [0.25, 0.3) is 0 Å². The quantitative estimate of drug-likeness (QED) is 0.317. The van der Waals surface area contributed by atoms with Crippen molar-refractivity contribution in [2.24, 2.45) is 0 Å². The molecule has 1 aromatic heterocycles. The molecule has 0 saturated heterocycles. The predicted molar refractivity (Wildman–Crippen MR) is 122 cm³/mol. The molecule has 1 heterocycles. The van der Waals surface area contributed by atoms with Gasteiger partial charge in [-0.15, -0.1) is 13.2 Å². The number of ether oxygens (including phenoxy) is 1. The second-order valence-corrected chi connectivity index (χ2v) is 7.68. The monoisotopic (exact) mass is 474 g/mol. The van der Waals surface area contributed by atoms with Gasteiger partial charge in [-0.2, -0.15) is 0 Å². The average molecular weight is 475 g/mol. The number of nitrogens with zero attached hydrogens (tertiary/aromatic N) is 1. The van der Waals surface area contributed by atoms with E-state index in [2.05, 4.69) is 14.7 Å². The van der Waals surface area contributed by atoms with Gasteiger partial charge in [0.2, 0.25) is 0 Å². The standard InChI is InChI=1S/C24H15Cl2F3N2O/c25-18-9-10-20(21(26)13-18)22-14-30-23(31-22)11-6-15-4-7-16(8-5-15)17-2-1-3-19(12-17)32-24(27,28)29/h1-14H,(H,30,31)/b11-6+. The molecule has 1 N–H and O–H groups in total. The smallest absolute Gasteiger partial charge is 0.406 e. The number of imidazole rings is 1. The van der Waals surface area contributed by atoms with Crippen LogP contribution in [-0.4, -0.2) is 16.3 Å².